The molecule has 0 aliphatic heterocycles. The maximum atomic E-state index is 6.46. The minimum absolute atomic E-state index is 0.103. The highest BCUT2D eigenvalue weighted by molar-refractivity contribution is 5.29. The molecule has 0 radical (unpaired) electrons. The van der Waals surface area contributed by atoms with Crippen LogP contribution in [0.25, 0.3) is 0 Å². The summed E-state index contributed by atoms with van der Waals surface area (Å²) in [6.07, 6.45) is 0.916. The average Bonchev–Trinajstić information content (AvgIpc) is 2.53. The van der Waals surface area contributed by atoms with Gasteiger partial charge in [0, 0.05) is 6.61 Å². The average molecular weight is 269 g/mol. The lowest BCUT2D eigenvalue weighted by molar-refractivity contribution is 0.0429. The molecular weight excluding hydrogens is 246 g/mol. The van der Waals surface area contributed by atoms with E-state index in [0.29, 0.717) is 6.61 Å². The predicted octanol–water partition coefficient (Wildman–Crippen LogP) is 4.03. The van der Waals surface area contributed by atoms with Crippen LogP contribution in [0.2, 0.25) is 0 Å². The lowest BCUT2D eigenvalue weighted by Gasteiger charge is -2.25. The zero-order valence-corrected chi connectivity index (χ0v) is 12.3. The van der Waals surface area contributed by atoms with Crippen LogP contribution >= 0.6 is 0 Å². The lowest BCUT2D eigenvalue weighted by atomic mass is 9.95. The number of hydrogen-bond donors (Lipinski definition) is 1. The second kappa shape index (κ2) is 7.22. The summed E-state index contributed by atoms with van der Waals surface area (Å²) in [6.45, 7) is 4.81. The molecule has 0 fully saturated rings. The van der Waals surface area contributed by atoms with E-state index in [9.17, 15) is 0 Å². The van der Waals surface area contributed by atoms with Gasteiger partial charge in [0.15, 0.2) is 0 Å². The molecule has 0 saturated carbocycles. The molecule has 2 atom stereocenters. The second-order valence-electron chi connectivity index (χ2n) is 4.91. The van der Waals surface area contributed by atoms with Crippen molar-refractivity contribution in [3.05, 3.63) is 71.3 Å². The molecule has 2 N–H and O–H groups in total. The summed E-state index contributed by atoms with van der Waals surface area (Å²) in [6, 6.07) is 18.5. The molecule has 2 unspecified atom stereocenters. The van der Waals surface area contributed by atoms with Gasteiger partial charge in [0.2, 0.25) is 0 Å². The van der Waals surface area contributed by atoms with Gasteiger partial charge in [0.05, 0.1) is 6.04 Å². The van der Waals surface area contributed by atoms with Crippen molar-refractivity contribution in [3.8, 4) is 0 Å². The van der Waals surface area contributed by atoms with E-state index in [0.717, 1.165) is 17.5 Å². The second-order valence-corrected chi connectivity index (χ2v) is 4.91. The normalized spacial score (nSPS) is 13.9. The van der Waals surface area contributed by atoms with Crippen molar-refractivity contribution in [1.29, 1.82) is 0 Å². The van der Waals surface area contributed by atoms with E-state index in [1.54, 1.807) is 0 Å². The van der Waals surface area contributed by atoms with Crippen LogP contribution in [0, 0.1) is 0 Å². The number of nitrogens with two attached hydrogens (primary N) is 1. The number of aryl methyl sites for hydroxylation is 1. The van der Waals surface area contributed by atoms with Gasteiger partial charge >= 0.3 is 0 Å². The molecule has 0 bridgehead atoms. The number of rotatable bonds is 6. The van der Waals surface area contributed by atoms with E-state index in [1.807, 2.05) is 25.1 Å². The Morgan fingerprint density at radius 1 is 0.950 bits per heavy atom. The summed E-state index contributed by atoms with van der Waals surface area (Å²) in [5.41, 5.74) is 10.0. The van der Waals surface area contributed by atoms with Crippen LogP contribution in [-0.4, -0.2) is 6.61 Å². The van der Waals surface area contributed by atoms with Gasteiger partial charge in [-0.3, -0.25) is 0 Å². The SMILES string of the molecule is CCOC(c1ccccc1)C(N)c1cccc(CC)c1. The van der Waals surface area contributed by atoms with Gasteiger partial charge in [0.1, 0.15) is 6.10 Å². The number of benzene rings is 2. The summed E-state index contributed by atoms with van der Waals surface area (Å²) < 4.78 is 5.89. The van der Waals surface area contributed by atoms with E-state index in [1.165, 1.54) is 5.56 Å². The fourth-order valence-corrected chi connectivity index (χ4v) is 2.42. The third-order valence-electron chi connectivity index (χ3n) is 3.54. The molecule has 2 rings (SSSR count). The molecule has 2 aromatic rings. The topological polar surface area (TPSA) is 35.2 Å². The molecule has 2 aromatic carbocycles. The Morgan fingerprint density at radius 2 is 1.65 bits per heavy atom. The van der Waals surface area contributed by atoms with E-state index in [-0.39, 0.29) is 12.1 Å². The van der Waals surface area contributed by atoms with Crippen molar-refractivity contribution >= 4 is 0 Å². The molecule has 0 aliphatic carbocycles. The standard InChI is InChI=1S/C18H23NO/c1-3-14-9-8-12-16(13-14)17(19)18(20-4-2)15-10-6-5-7-11-15/h5-13,17-18H,3-4,19H2,1-2H3. The molecule has 20 heavy (non-hydrogen) atoms. The van der Waals surface area contributed by atoms with Crippen LogP contribution < -0.4 is 5.73 Å². The summed E-state index contributed by atoms with van der Waals surface area (Å²) >= 11 is 0. The van der Waals surface area contributed by atoms with E-state index < -0.39 is 0 Å². The van der Waals surface area contributed by atoms with Crippen LogP contribution in [0.15, 0.2) is 54.6 Å². The highest BCUT2D eigenvalue weighted by atomic mass is 16.5. The van der Waals surface area contributed by atoms with Crippen LogP contribution in [0.3, 0.4) is 0 Å². The van der Waals surface area contributed by atoms with E-state index in [2.05, 4.69) is 43.3 Å². The highest BCUT2D eigenvalue weighted by Gasteiger charge is 2.21. The van der Waals surface area contributed by atoms with Gasteiger partial charge in [-0.2, -0.15) is 0 Å². The Morgan fingerprint density at radius 3 is 2.30 bits per heavy atom. The maximum Gasteiger partial charge on any atom is 0.102 e. The van der Waals surface area contributed by atoms with Gasteiger partial charge in [0.25, 0.3) is 0 Å². The molecular formula is C18H23NO. The van der Waals surface area contributed by atoms with Gasteiger partial charge < -0.3 is 10.5 Å². The fraction of sp³-hybridized carbons (Fsp3) is 0.333. The molecule has 0 amide bonds. The largest absolute Gasteiger partial charge is 0.372 e. The summed E-state index contributed by atoms with van der Waals surface area (Å²) in [4.78, 5) is 0. The van der Waals surface area contributed by atoms with Crippen molar-refractivity contribution in [2.24, 2.45) is 5.73 Å². The minimum atomic E-state index is -0.149. The zero-order chi connectivity index (χ0) is 14.4. The first-order valence-corrected chi connectivity index (χ1v) is 7.27. The Kier molecular flexibility index (Phi) is 5.33. The van der Waals surface area contributed by atoms with Crippen LogP contribution in [0.1, 0.15) is 42.7 Å². The molecule has 2 heteroatoms. The first-order chi connectivity index (χ1) is 9.76. The zero-order valence-electron chi connectivity index (χ0n) is 12.3. The third-order valence-corrected chi connectivity index (χ3v) is 3.54. The minimum Gasteiger partial charge on any atom is -0.372 e. The van der Waals surface area contributed by atoms with Crippen molar-refractivity contribution < 1.29 is 4.74 Å². The monoisotopic (exact) mass is 269 g/mol. The van der Waals surface area contributed by atoms with E-state index in [4.69, 9.17) is 10.5 Å². The first-order valence-electron chi connectivity index (χ1n) is 7.27. The fourth-order valence-electron chi connectivity index (χ4n) is 2.42. The molecule has 0 spiro atoms. The first kappa shape index (κ1) is 14.8. The van der Waals surface area contributed by atoms with Crippen molar-refractivity contribution in [3.63, 3.8) is 0 Å². The van der Waals surface area contributed by atoms with E-state index >= 15 is 0 Å². The molecule has 2 nitrogen and oxygen atoms in total. The van der Waals surface area contributed by atoms with Gasteiger partial charge in [-0.1, -0.05) is 61.5 Å². The molecule has 0 aromatic heterocycles. The van der Waals surface area contributed by atoms with Crippen LogP contribution in [0.5, 0.6) is 0 Å². The maximum absolute atomic E-state index is 6.46. The van der Waals surface area contributed by atoms with Gasteiger partial charge in [-0.05, 0) is 30.0 Å². The Hall–Kier alpha value is -1.64. The summed E-state index contributed by atoms with van der Waals surface area (Å²) in [5, 5.41) is 0. The quantitative estimate of drug-likeness (QED) is 0.859. The van der Waals surface area contributed by atoms with Crippen LogP contribution in [0.4, 0.5) is 0 Å². The number of ether oxygens (including phenoxy) is 1. The Balaban J connectivity index is 2.28. The van der Waals surface area contributed by atoms with Crippen molar-refractivity contribution in [2.45, 2.75) is 32.4 Å². The molecule has 106 valence electrons. The predicted molar refractivity (Wildman–Crippen MR) is 83.6 cm³/mol. The lowest BCUT2D eigenvalue weighted by Crippen LogP contribution is -2.22. The Bertz CT molecular complexity index is 524. The summed E-state index contributed by atoms with van der Waals surface area (Å²) in [7, 11) is 0. The molecule has 0 saturated heterocycles. The Labute approximate surface area is 121 Å². The number of hydrogen-bond acceptors (Lipinski definition) is 2. The van der Waals surface area contributed by atoms with Gasteiger partial charge in [-0.25, -0.2) is 0 Å². The third kappa shape index (κ3) is 3.47. The summed E-state index contributed by atoms with van der Waals surface area (Å²) in [5.74, 6) is 0. The molecule has 0 heterocycles. The van der Waals surface area contributed by atoms with Crippen molar-refractivity contribution in [1.82, 2.24) is 0 Å². The molecule has 0 aliphatic rings. The van der Waals surface area contributed by atoms with Crippen LogP contribution in [-0.2, 0) is 11.2 Å². The van der Waals surface area contributed by atoms with Crippen molar-refractivity contribution in [2.75, 3.05) is 6.61 Å². The highest BCUT2D eigenvalue weighted by Crippen LogP contribution is 2.30. The van der Waals surface area contributed by atoms with Gasteiger partial charge in [-0.15, -0.1) is 0 Å². The smallest absolute Gasteiger partial charge is 0.102 e.